The fraction of sp³-hybridized carbons (Fsp3) is 0.900. The van der Waals surface area contributed by atoms with Gasteiger partial charge < -0.3 is 9.84 Å². The van der Waals surface area contributed by atoms with Gasteiger partial charge in [-0.15, -0.1) is 0 Å². The lowest BCUT2D eigenvalue weighted by Gasteiger charge is -2.29. The monoisotopic (exact) mass is 184 g/mol. The molecule has 2 aliphatic rings. The summed E-state index contributed by atoms with van der Waals surface area (Å²) in [5.74, 6) is 0.358. The van der Waals surface area contributed by atoms with Crippen LogP contribution in [-0.4, -0.2) is 28.2 Å². The molecule has 1 aliphatic carbocycles. The van der Waals surface area contributed by atoms with Crippen LogP contribution in [0.3, 0.4) is 0 Å². The maximum atomic E-state index is 11.7. The number of ketones is 1. The topological polar surface area (TPSA) is 49.8 Å². The van der Waals surface area contributed by atoms with Crippen molar-refractivity contribution < 1.29 is 14.6 Å². The highest BCUT2D eigenvalue weighted by atomic mass is 16.6. The van der Waals surface area contributed by atoms with Gasteiger partial charge in [-0.25, -0.2) is 0 Å². The molecule has 0 aromatic rings. The van der Waals surface area contributed by atoms with Crippen LogP contribution in [0.25, 0.3) is 0 Å². The van der Waals surface area contributed by atoms with Crippen LogP contribution in [0.2, 0.25) is 0 Å². The minimum absolute atomic E-state index is 0.0729. The number of carbonyl (C=O) groups excluding carboxylic acids is 1. The Hall–Kier alpha value is -0.410. The summed E-state index contributed by atoms with van der Waals surface area (Å²) in [5, 5.41) is 9.83. The van der Waals surface area contributed by atoms with Crippen molar-refractivity contribution in [1.82, 2.24) is 0 Å². The molecule has 1 saturated heterocycles. The number of epoxide rings is 1. The molecule has 0 aromatic carbocycles. The van der Waals surface area contributed by atoms with Gasteiger partial charge in [0.25, 0.3) is 0 Å². The van der Waals surface area contributed by atoms with Crippen LogP contribution in [0.1, 0.15) is 33.6 Å². The van der Waals surface area contributed by atoms with E-state index in [-0.39, 0.29) is 11.7 Å². The zero-order chi connectivity index (χ0) is 9.85. The van der Waals surface area contributed by atoms with Gasteiger partial charge in [0.1, 0.15) is 5.60 Å². The molecule has 1 spiro atoms. The number of carbonyl (C=O) groups is 1. The molecule has 3 unspecified atom stereocenters. The fourth-order valence-electron chi connectivity index (χ4n) is 2.52. The average molecular weight is 184 g/mol. The SMILES string of the molecule is CC1CC(=O)C2(OC2(C)C)C(O)C1. The van der Waals surface area contributed by atoms with Crippen molar-refractivity contribution in [3.63, 3.8) is 0 Å². The molecule has 0 aromatic heterocycles. The van der Waals surface area contributed by atoms with Crippen molar-refractivity contribution in [2.75, 3.05) is 0 Å². The Balaban J connectivity index is 2.26. The molecule has 3 nitrogen and oxygen atoms in total. The lowest BCUT2D eigenvalue weighted by atomic mass is 9.74. The van der Waals surface area contributed by atoms with Crippen molar-refractivity contribution >= 4 is 5.78 Å². The van der Waals surface area contributed by atoms with Crippen LogP contribution in [-0.2, 0) is 9.53 Å². The number of rotatable bonds is 0. The highest BCUT2D eigenvalue weighted by Crippen LogP contribution is 2.54. The summed E-state index contributed by atoms with van der Waals surface area (Å²) in [4.78, 5) is 11.7. The molecule has 74 valence electrons. The number of aliphatic hydroxyl groups is 1. The van der Waals surface area contributed by atoms with E-state index in [0.717, 1.165) is 0 Å². The van der Waals surface area contributed by atoms with Gasteiger partial charge in [-0.3, -0.25) is 4.79 Å². The normalized spacial score (nSPS) is 48.2. The summed E-state index contributed by atoms with van der Waals surface area (Å²) < 4.78 is 5.41. The molecular weight excluding hydrogens is 168 g/mol. The molecule has 1 saturated carbocycles. The molecule has 3 heteroatoms. The van der Waals surface area contributed by atoms with Gasteiger partial charge >= 0.3 is 0 Å². The number of aliphatic hydroxyl groups excluding tert-OH is 1. The van der Waals surface area contributed by atoms with Crippen LogP contribution in [0, 0.1) is 5.92 Å². The number of Topliss-reactive ketones (excluding diaryl/α,β-unsaturated/α-hetero) is 1. The molecule has 0 radical (unpaired) electrons. The van der Waals surface area contributed by atoms with E-state index in [4.69, 9.17) is 4.74 Å². The minimum Gasteiger partial charge on any atom is -0.389 e. The van der Waals surface area contributed by atoms with Gasteiger partial charge in [-0.2, -0.15) is 0 Å². The Kier molecular flexibility index (Phi) is 1.65. The summed E-state index contributed by atoms with van der Waals surface area (Å²) in [6.07, 6.45) is 0.606. The molecule has 1 N–H and O–H groups in total. The van der Waals surface area contributed by atoms with Gasteiger partial charge in [0, 0.05) is 6.42 Å². The van der Waals surface area contributed by atoms with Crippen LogP contribution in [0.4, 0.5) is 0 Å². The third kappa shape index (κ3) is 1.00. The van der Waals surface area contributed by atoms with E-state index in [9.17, 15) is 9.90 Å². The van der Waals surface area contributed by atoms with Crippen molar-refractivity contribution in [3.8, 4) is 0 Å². The molecule has 2 fully saturated rings. The number of hydrogen-bond donors (Lipinski definition) is 1. The first-order chi connectivity index (χ1) is 5.90. The predicted octanol–water partition coefficient (Wildman–Crippen LogP) is 0.894. The maximum Gasteiger partial charge on any atom is 0.181 e. The molecular formula is C10H16O3. The summed E-state index contributed by atoms with van der Waals surface area (Å²) >= 11 is 0. The first-order valence-corrected chi connectivity index (χ1v) is 4.81. The van der Waals surface area contributed by atoms with Crippen LogP contribution in [0.5, 0.6) is 0 Å². The molecule has 0 amide bonds. The lowest BCUT2D eigenvalue weighted by molar-refractivity contribution is -0.133. The van der Waals surface area contributed by atoms with Crippen molar-refractivity contribution in [3.05, 3.63) is 0 Å². The van der Waals surface area contributed by atoms with Crippen molar-refractivity contribution in [2.45, 2.75) is 50.9 Å². The summed E-state index contributed by atoms with van der Waals surface area (Å²) in [6, 6.07) is 0. The third-order valence-electron chi connectivity index (χ3n) is 3.31. The van der Waals surface area contributed by atoms with Crippen molar-refractivity contribution in [2.24, 2.45) is 5.92 Å². The Morgan fingerprint density at radius 1 is 1.54 bits per heavy atom. The quantitative estimate of drug-likeness (QED) is 0.569. The number of hydrogen-bond acceptors (Lipinski definition) is 3. The summed E-state index contributed by atoms with van der Waals surface area (Å²) in [6.45, 7) is 5.72. The summed E-state index contributed by atoms with van der Waals surface area (Å²) in [5.41, 5.74) is -1.32. The van der Waals surface area contributed by atoms with E-state index in [0.29, 0.717) is 12.8 Å². The third-order valence-corrected chi connectivity index (χ3v) is 3.31. The maximum absolute atomic E-state index is 11.7. The second-order valence-corrected chi connectivity index (χ2v) is 4.83. The molecule has 13 heavy (non-hydrogen) atoms. The van der Waals surface area contributed by atoms with E-state index in [2.05, 4.69) is 0 Å². The van der Waals surface area contributed by atoms with Crippen LogP contribution >= 0.6 is 0 Å². The molecule has 2 rings (SSSR count). The average Bonchev–Trinajstić information content (AvgIpc) is 2.51. The molecule has 1 aliphatic heterocycles. The van der Waals surface area contributed by atoms with E-state index < -0.39 is 17.3 Å². The Morgan fingerprint density at radius 3 is 2.46 bits per heavy atom. The Bertz CT molecular complexity index is 259. The summed E-state index contributed by atoms with van der Waals surface area (Å²) in [7, 11) is 0. The van der Waals surface area contributed by atoms with Gasteiger partial charge in [0.2, 0.25) is 0 Å². The van der Waals surface area contributed by atoms with E-state index >= 15 is 0 Å². The molecule has 3 atom stereocenters. The lowest BCUT2D eigenvalue weighted by Crippen LogP contribution is -2.48. The fourth-order valence-corrected chi connectivity index (χ4v) is 2.52. The Morgan fingerprint density at radius 2 is 2.08 bits per heavy atom. The van der Waals surface area contributed by atoms with E-state index in [1.54, 1.807) is 0 Å². The minimum atomic E-state index is -0.862. The van der Waals surface area contributed by atoms with Gasteiger partial charge in [-0.05, 0) is 26.2 Å². The van der Waals surface area contributed by atoms with Crippen molar-refractivity contribution in [1.29, 1.82) is 0 Å². The first-order valence-electron chi connectivity index (χ1n) is 4.81. The smallest absolute Gasteiger partial charge is 0.181 e. The zero-order valence-corrected chi connectivity index (χ0v) is 8.33. The standard InChI is InChI=1S/C10H16O3/c1-6-4-7(11)10(8(12)5-6)9(2,3)13-10/h6-7,11H,4-5H2,1-3H3. The van der Waals surface area contributed by atoms with Crippen LogP contribution in [0.15, 0.2) is 0 Å². The predicted molar refractivity (Wildman–Crippen MR) is 47.3 cm³/mol. The van der Waals surface area contributed by atoms with Gasteiger partial charge in [0.05, 0.1) is 6.10 Å². The Labute approximate surface area is 78.1 Å². The highest BCUT2D eigenvalue weighted by molar-refractivity contribution is 5.93. The van der Waals surface area contributed by atoms with Gasteiger partial charge in [0.15, 0.2) is 11.4 Å². The second kappa shape index (κ2) is 2.34. The van der Waals surface area contributed by atoms with Crippen LogP contribution < -0.4 is 0 Å². The van der Waals surface area contributed by atoms with E-state index in [1.807, 2.05) is 20.8 Å². The highest BCUT2D eigenvalue weighted by Gasteiger charge is 2.73. The molecule has 0 bridgehead atoms. The second-order valence-electron chi connectivity index (χ2n) is 4.83. The van der Waals surface area contributed by atoms with Gasteiger partial charge in [-0.1, -0.05) is 6.92 Å². The van der Waals surface area contributed by atoms with E-state index in [1.165, 1.54) is 0 Å². The zero-order valence-electron chi connectivity index (χ0n) is 8.33. The first kappa shape index (κ1) is 9.16. The largest absolute Gasteiger partial charge is 0.389 e. The molecule has 1 heterocycles. The number of ether oxygens (including phenoxy) is 1.